The number of carbonyl (C=O) groups is 1. The molecule has 4 rings (SSSR count). The van der Waals surface area contributed by atoms with Crippen LogP contribution in [-0.2, 0) is 10.0 Å². The largest absolute Gasteiger partial charge is 0.478 e. The van der Waals surface area contributed by atoms with Crippen LogP contribution in [0.15, 0.2) is 71.6 Å². The number of benzene rings is 3. The summed E-state index contributed by atoms with van der Waals surface area (Å²) < 4.78 is 34.4. The lowest BCUT2D eigenvalue weighted by Gasteiger charge is -2.15. The van der Waals surface area contributed by atoms with Gasteiger partial charge in [-0.3, -0.25) is 0 Å². The zero-order chi connectivity index (χ0) is 26.0. The van der Waals surface area contributed by atoms with Crippen LogP contribution in [0, 0.1) is 20.8 Å². The number of nitrogens with two attached hydrogens (primary N) is 1. The third kappa shape index (κ3) is 5.28. The van der Waals surface area contributed by atoms with Gasteiger partial charge in [-0.25, -0.2) is 22.9 Å². The molecule has 0 saturated carbocycles. The normalized spacial score (nSPS) is 11.2. The fourth-order valence-electron chi connectivity index (χ4n) is 3.69. The van der Waals surface area contributed by atoms with Crippen LogP contribution in [0.25, 0.3) is 11.3 Å². The number of sulfonamides is 1. The van der Waals surface area contributed by atoms with Crippen molar-refractivity contribution in [2.75, 3.05) is 10.5 Å². The van der Waals surface area contributed by atoms with Crippen LogP contribution in [0.2, 0.25) is 0 Å². The smallest absolute Gasteiger partial charge is 0.335 e. The number of rotatable bonds is 7. The summed E-state index contributed by atoms with van der Waals surface area (Å²) in [6, 6.07) is 17.7. The van der Waals surface area contributed by atoms with Gasteiger partial charge in [0, 0.05) is 17.3 Å². The molecule has 0 atom stereocenters. The highest BCUT2D eigenvalue weighted by molar-refractivity contribution is 7.92. The molecule has 0 unspecified atom stereocenters. The first kappa shape index (κ1) is 24.7. The monoisotopic (exact) mass is 504 g/mol. The van der Waals surface area contributed by atoms with Crippen molar-refractivity contribution in [3.05, 3.63) is 89.0 Å². The maximum atomic E-state index is 13.0. The topological polar surface area (TPSA) is 144 Å². The Morgan fingerprint density at radius 2 is 1.61 bits per heavy atom. The van der Waals surface area contributed by atoms with Gasteiger partial charge >= 0.3 is 5.97 Å². The third-order valence-electron chi connectivity index (χ3n) is 5.48. The first-order valence-electron chi connectivity index (χ1n) is 10.9. The quantitative estimate of drug-likeness (QED) is 0.300. The molecule has 0 amide bonds. The Bertz CT molecular complexity index is 1570. The molecule has 4 aromatic rings. The number of hydrogen-bond donors (Lipinski definition) is 3. The van der Waals surface area contributed by atoms with Crippen molar-refractivity contribution >= 4 is 27.6 Å². The highest BCUT2D eigenvalue weighted by Crippen LogP contribution is 2.32. The molecule has 1 aromatic heterocycles. The van der Waals surface area contributed by atoms with Crippen molar-refractivity contribution < 1.29 is 23.1 Å². The predicted molar refractivity (Wildman–Crippen MR) is 137 cm³/mol. The van der Waals surface area contributed by atoms with Crippen molar-refractivity contribution in [2.24, 2.45) is 0 Å². The lowest BCUT2D eigenvalue weighted by atomic mass is 10.00. The number of aromatic nitrogens is 2. The number of nitrogen functional groups attached to an aromatic ring is 1. The Labute approximate surface area is 208 Å². The van der Waals surface area contributed by atoms with Gasteiger partial charge < -0.3 is 15.6 Å². The molecule has 0 aliphatic carbocycles. The summed E-state index contributed by atoms with van der Waals surface area (Å²) in [6.45, 7) is 5.60. The Morgan fingerprint density at radius 3 is 2.28 bits per heavy atom. The molecular weight excluding hydrogens is 480 g/mol. The van der Waals surface area contributed by atoms with Gasteiger partial charge in [0.1, 0.15) is 5.75 Å². The lowest BCUT2D eigenvalue weighted by Crippen LogP contribution is -2.16. The number of hydrogen-bond acceptors (Lipinski definition) is 7. The summed E-state index contributed by atoms with van der Waals surface area (Å²) in [7, 11) is -4.06. The lowest BCUT2D eigenvalue weighted by molar-refractivity contribution is 0.0696. The number of aryl methyl sites for hydroxylation is 3. The molecule has 3 aromatic carbocycles. The zero-order valence-electron chi connectivity index (χ0n) is 19.8. The van der Waals surface area contributed by atoms with E-state index in [1.54, 1.807) is 25.1 Å². The van der Waals surface area contributed by atoms with Crippen molar-refractivity contribution in [1.82, 2.24) is 9.97 Å². The van der Waals surface area contributed by atoms with E-state index in [1.807, 2.05) is 32.0 Å². The first-order chi connectivity index (χ1) is 17.0. The molecule has 0 spiro atoms. The molecule has 1 heterocycles. The van der Waals surface area contributed by atoms with E-state index in [0.717, 1.165) is 16.7 Å². The van der Waals surface area contributed by atoms with Crippen LogP contribution in [0.4, 0.5) is 11.6 Å². The fourth-order valence-corrected chi connectivity index (χ4v) is 4.68. The van der Waals surface area contributed by atoms with E-state index in [9.17, 15) is 18.3 Å². The van der Waals surface area contributed by atoms with E-state index in [-0.39, 0.29) is 28.0 Å². The van der Waals surface area contributed by atoms with Crippen LogP contribution in [0.3, 0.4) is 0 Å². The number of aromatic carboxylic acids is 1. The molecule has 0 aliphatic rings. The number of anilines is 2. The Balaban J connectivity index is 1.83. The van der Waals surface area contributed by atoms with Crippen LogP contribution in [0.1, 0.15) is 27.0 Å². The maximum Gasteiger partial charge on any atom is 0.335 e. The molecule has 10 heteroatoms. The summed E-state index contributed by atoms with van der Waals surface area (Å²) in [6.07, 6.45) is 0. The minimum atomic E-state index is -4.06. The molecule has 4 N–H and O–H groups in total. The molecule has 9 nitrogen and oxygen atoms in total. The van der Waals surface area contributed by atoms with E-state index >= 15 is 0 Å². The van der Waals surface area contributed by atoms with Crippen LogP contribution in [0.5, 0.6) is 11.6 Å². The number of carboxylic acids is 1. The Kier molecular flexibility index (Phi) is 6.63. The van der Waals surface area contributed by atoms with Crippen molar-refractivity contribution in [3.63, 3.8) is 0 Å². The highest BCUT2D eigenvalue weighted by Gasteiger charge is 2.19. The highest BCUT2D eigenvalue weighted by atomic mass is 32.2. The van der Waals surface area contributed by atoms with Gasteiger partial charge in [-0.1, -0.05) is 30.3 Å². The molecule has 0 fully saturated rings. The SMILES string of the molecule is Cc1ccc(C(=O)O)cc1Oc1cc(-c2c(C)cccc2C)nc(NS(=O)(=O)c2cccc(N)c2)n1. The Hall–Kier alpha value is -4.44. The van der Waals surface area contributed by atoms with E-state index in [4.69, 9.17) is 10.5 Å². The number of ether oxygens (including phenoxy) is 1. The fraction of sp³-hybridized carbons (Fsp3) is 0.115. The van der Waals surface area contributed by atoms with Gasteiger partial charge in [-0.05, 0) is 67.8 Å². The average Bonchev–Trinajstić information content (AvgIpc) is 2.80. The zero-order valence-corrected chi connectivity index (χ0v) is 20.6. The van der Waals surface area contributed by atoms with Crippen LogP contribution >= 0.6 is 0 Å². The standard InChI is InChI=1S/C26H24N4O5S/c1-15-10-11-18(25(31)32)12-22(15)35-23-14-21(24-16(2)6-4-7-17(24)3)28-26(29-23)30-36(33,34)20-9-5-8-19(27)13-20/h4-14H,27H2,1-3H3,(H,31,32)(H,28,29,30). The van der Waals surface area contributed by atoms with E-state index < -0.39 is 16.0 Å². The Morgan fingerprint density at radius 1 is 0.917 bits per heavy atom. The predicted octanol–water partition coefficient (Wildman–Crippen LogP) is 4.94. The van der Waals surface area contributed by atoms with Crippen LogP contribution < -0.4 is 15.2 Å². The molecule has 0 saturated heterocycles. The number of nitrogens with zero attached hydrogens (tertiary/aromatic N) is 2. The first-order valence-corrected chi connectivity index (χ1v) is 12.4. The van der Waals surface area contributed by atoms with Crippen LogP contribution in [-0.4, -0.2) is 29.5 Å². The van der Waals surface area contributed by atoms with E-state index in [0.29, 0.717) is 16.9 Å². The van der Waals surface area contributed by atoms with Crippen molar-refractivity contribution in [2.45, 2.75) is 25.7 Å². The van der Waals surface area contributed by atoms with Crippen molar-refractivity contribution in [1.29, 1.82) is 0 Å². The molecule has 0 bridgehead atoms. The van der Waals surface area contributed by atoms with E-state index in [1.165, 1.54) is 30.3 Å². The molecule has 0 radical (unpaired) electrons. The second-order valence-corrected chi connectivity index (χ2v) is 9.93. The van der Waals surface area contributed by atoms with Gasteiger partial charge in [-0.2, -0.15) is 4.98 Å². The molecule has 184 valence electrons. The summed E-state index contributed by atoms with van der Waals surface area (Å²) in [5.74, 6) is -1.00. The molecule has 36 heavy (non-hydrogen) atoms. The summed E-state index contributed by atoms with van der Waals surface area (Å²) in [5.41, 5.74) is 9.85. The second kappa shape index (κ2) is 9.67. The molecular formula is C26H24N4O5S. The van der Waals surface area contributed by atoms with Gasteiger partial charge in [0.05, 0.1) is 16.2 Å². The summed E-state index contributed by atoms with van der Waals surface area (Å²) in [4.78, 5) is 20.1. The summed E-state index contributed by atoms with van der Waals surface area (Å²) in [5, 5.41) is 9.35. The molecule has 0 aliphatic heterocycles. The number of carboxylic acid groups (broad SMARTS) is 1. The second-order valence-electron chi connectivity index (χ2n) is 8.25. The van der Waals surface area contributed by atoms with Gasteiger partial charge in [0.2, 0.25) is 11.8 Å². The minimum absolute atomic E-state index is 0.0403. The van der Waals surface area contributed by atoms with E-state index in [2.05, 4.69) is 14.7 Å². The van der Waals surface area contributed by atoms with Gasteiger partial charge in [-0.15, -0.1) is 0 Å². The maximum absolute atomic E-state index is 13.0. The van der Waals surface area contributed by atoms with Crippen molar-refractivity contribution in [3.8, 4) is 22.9 Å². The average molecular weight is 505 g/mol. The summed E-state index contributed by atoms with van der Waals surface area (Å²) >= 11 is 0. The van der Waals surface area contributed by atoms with Gasteiger partial charge in [0.25, 0.3) is 10.0 Å². The number of nitrogens with one attached hydrogen (secondary N) is 1. The third-order valence-corrected chi connectivity index (χ3v) is 6.81. The minimum Gasteiger partial charge on any atom is -0.478 e. The van der Waals surface area contributed by atoms with Gasteiger partial charge in [0.15, 0.2) is 0 Å².